The second-order valence-corrected chi connectivity index (χ2v) is 22.8. The van der Waals surface area contributed by atoms with Crippen LogP contribution >= 0.6 is 7.82 Å². The van der Waals surface area contributed by atoms with Crippen molar-refractivity contribution in [3.05, 3.63) is 12.2 Å². The highest BCUT2D eigenvalue weighted by Crippen LogP contribution is 2.38. The molecular weight excluding hydrogens is 854 g/mol. The molecule has 0 rings (SSSR count). The number of esters is 1. The number of likely N-dealkylation sites (N-methyl/N-ethyl adjacent to an activating group) is 1. The molecule has 2 unspecified atom stereocenters. The number of rotatable bonds is 56. The van der Waals surface area contributed by atoms with Gasteiger partial charge >= 0.3 is 5.97 Å². The van der Waals surface area contributed by atoms with E-state index >= 15 is 0 Å². The predicted molar refractivity (Wildman–Crippen MR) is 287 cm³/mol. The van der Waals surface area contributed by atoms with Gasteiger partial charge in [-0.3, -0.25) is 9.36 Å². The number of hydrogen-bond acceptors (Lipinski definition) is 7. The SMILES string of the molecule is CCCCCCCCCC/C=C\CCCCCCCCCCCCCCOCC(COP(=O)([O-])OCC[N+](C)(C)C)OC(=O)CCCCCCCCCCCCCCCCCCCCCCC. The molecule has 0 N–H and O–H groups in total. The number of quaternary nitrogens is 1. The van der Waals surface area contributed by atoms with E-state index in [0.717, 1.165) is 32.1 Å². The fourth-order valence-corrected chi connectivity index (χ4v) is 9.51. The van der Waals surface area contributed by atoms with Crippen LogP contribution in [0, 0.1) is 0 Å². The van der Waals surface area contributed by atoms with Crippen LogP contribution in [0.3, 0.4) is 0 Å². The van der Waals surface area contributed by atoms with E-state index in [2.05, 4.69) is 26.0 Å². The van der Waals surface area contributed by atoms with Crippen molar-refractivity contribution in [3.63, 3.8) is 0 Å². The average Bonchev–Trinajstić information content (AvgIpc) is 3.29. The van der Waals surface area contributed by atoms with Gasteiger partial charge in [0.1, 0.15) is 19.3 Å². The van der Waals surface area contributed by atoms with Gasteiger partial charge in [-0.05, 0) is 38.5 Å². The summed E-state index contributed by atoms with van der Waals surface area (Å²) in [6, 6.07) is 0. The van der Waals surface area contributed by atoms with Gasteiger partial charge in [0.05, 0.1) is 34.4 Å². The summed E-state index contributed by atoms with van der Waals surface area (Å²) in [5, 5.41) is 0. The number of carbonyl (C=O) groups is 1. The molecule has 67 heavy (non-hydrogen) atoms. The summed E-state index contributed by atoms with van der Waals surface area (Å²) in [7, 11) is 1.38. The van der Waals surface area contributed by atoms with Crippen molar-refractivity contribution in [1.29, 1.82) is 0 Å². The van der Waals surface area contributed by atoms with Gasteiger partial charge in [-0.1, -0.05) is 264 Å². The monoisotopic (exact) mass is 970 g/mol. The van der Waals surface area contributed by atoms with Crippen LogP contribution in [0.1, 0.15) is 296 Å². The molecule has 0 aromatic carbocycles. The van der Waals surface area contributed by atoms with Gasteiger partial charge in [0, 0.05) is 13.0 Å². The summed E-state index contributed by atoms with van der Waals surface area (Å²) in [4.78, 5) is 25.3. The highest BCUT2D eigenvalue weighted by molar-refractivity contribution is 7.45. The van der Waals surface area contributed by atoms with E-state index in [-0.39, 0.29) is 25.8 Å². The molecule has 0 spiro atoms. The van der Waals surface area contributed by atoms with Crippen LogP contribution in [0.25, 0.3) is 0 Å². The zero-order valence-electron chi connectivity index (χ0n) is 45.6. The summed E-state index contributed by atoms with van der Waals surface area (Å²) in [6.45, 7) is 5.49. The van der Waals surface area contributed by atoms with E-state index in [1.807, 2.05) is 21.1 Å². The fourth-order valence-electron chi connectivity index (χ4n) is 8.78. The molecule has 0 aromatic heterocycles. The van der Waals surface area contributed by atoms with Crippen LogP contribution in [0.4, 0.5) is 0 Å². The summed E-state index contributed by atoms with van der Waals surface area (Å²) < 4.78 is 34.9. The molecule has 8 nitrogen and oxygen atoms in total. The van der Waals surface area contributed by atoms with E-state index in [0.29, 0.717) is 24.1 Å². The van der Waals surface area contributed by atoms with Crippen LogP contribution in [0.2, 0.25) is 0 Å². The first-order valence-corrected chi connectivity index (χ1v) is 30.9. The van der Waals surface area contributed by atoms with Gasteiger partial charge in [-0.2, -0.15) is 0 Å². The lowest BCUT2D eigenvalue weighted by Gasteiger charge is -2.28. The van der Waals surface area contributed by atoms with Crippen molar-refractivity contribution in [3.8, 4) is 0 Å². The minimum absolute atomic E-state index is 0.0302. The minimum atomic E-state index is -4.53. The maximum Gasteiger partial charge on any atom is 0.306 e. The van der Waals surface area contributed by atoms with E-state index in [1.54, 1.807) is 0 Å². The van der Waals surface area contributed by atoms with E-state index in [9.17, 15) is 14.3 Å². The highest BCUT2D eigenvalue weighted by atomic mass is 31.2. The smallest absolute Gasteiger partial charge is 0.306 e. The first kappa shape index (κ1) is 66.2. The molecule has 0 saturated heterocycles. The van der Waals surface area contributed by atoms with Crippen molar-refractivity contribution in [2.45, 2.75) is 302 Å². The molecule has 0 aromatic rings. The maximum absolute atomic E-state index is 12.8. The molecule has 0 bridgehead atoms. The second-order valence-electron chi connectivity index (χ2n) is 21.4. The first-order valence-electron chi connectivity index (χ1n) is 29.4. The zero-order valence-corrected chi connectivity index (χ0v) is 46.5. The number of carbonyl (C=O) groups excluding carboxylic acids is 1. The van der Waals surface area contributed by atoms with Crippen LogP contribution in [0.15, 0.2) is 12.2 Å². The maximum atomic E-state index is 12.8. The standard InChI is InChI=1S/C58H116NO7P/c1-6-8-10-12-14-16-18-20-22-24-26-28-29-30-32-34-36-38-40-42-44-46-48-50-53-63-55-57(56-65-67(61,62)64-54-52-59(3,4)5)66-58(60)51-49-47-45-43-41-39-37-35-33-31-27-25-23-21-19-17-15-13-11-9-7-2/h24,26,57H,6-23,25,27-56H2,1-5H3/b26-24-. The van der Waals surface area contributed by atoms with Crippen molar-refractivity contribution in [1.82, 2.24) is 0 Å². The summed E-state index contributed by atoms with van der Waals surface area (Å²) >= 11 is 0. The van der Waals surface area contributed by atoms with Crippen molar-refractivity contribution < 1.29 is 37.3 Å². The van der Waals surface area contributed by atoms with Crippen molar-refractivity contribution in [2.24, 2.45) is 0 Å². The fraction of sp³-hybridized carbons (Fsp3) is 0.948. The van der Waals surface area contributed by atoms with Gasteiger partial charge in [-0.25, -0.2) is 0 Å². The predicted octanol–water partition coefficient (Wildman–Crippen LogP) is 17.9. The number of phosphoric acid groups is 1. The van der Waals surface area contributed by atoms with Crippen LogP contribution < -0.4 is 4.89 Å². The van der Waals surface area contributed by atoms with Crippen LogP contribution in [-0.4, -0.2) is 70.7 Å². The number of allylic oxidation sites excluding steroid dienone is 2. The van der Waals surface area contributed by atoms with Gasteiger partial charge < -0.3 is 27.9 Å². The molecule has 0 aliphatic heterocycles. The molecule has 0 fully saturated rings. The summed E-state index contributed by atoms with van der Waals surface area (Å²) in [5.41, 5.74) is 0. The average molecular weight is 971 g/mol. The van der Waals surface area contributed by atoms with Gasteiger partial charge in [0.15, 0.2) is 0 Å². The summed E-state index contributed by atoms with van der Waals surface area (Å²) in [5.74, 6) is -0.325. The van der Waals surface area contributed by atoms with Crippen LogP contribution in [-0.2, 0) is 27.9 Å². The Morgan fingerprint density at radius 1 is 0.448 bits per heavy atom. The number of ether oxygens (including phenoxy) is 2. The molecule has 400 valence electrons. The highest BCUT2D eigenvalue weighted by Gasteiger charge is 2.20. The Morgan fingerprint density at radius 2 is 0.776 bits per heavy atom. The second kappa shape index (κ2) is 51.6. The first-order chi connectivity index (χ1) is 32.6. The molecule has 0 saturated carbocycles. The Hall–Kier alpha value is -0.760. The molecule has 0 radical (unpaired) electrons. The molecule has 0 amide bonds. The Morgan fingerprint density at radius 3 is 1.13 bits per heavy atom. The van der Waals surface area contributed by atoms with Gasteiger partial charge in [-0.15, -0.1) is 0 Å². The third kappa shape index (κ3) is 56.0. The number of nitrogens with zero attached hydrogens (tertiary/aromatic N) is 1. The minimum Gasteiger partial charge on any atom is -0.756 e. The normalized spacial score (nSPS) is 13.5. The third-order valence-electron chi connectivity index (χ3n) is 13.3. The quantitative estimate of drug-likeness (QED) is 0.0197. The number of unbranched alkanes of at least 4 members (excludes halogenated alkanes) is 40. The Bertz CT molecular complexity index is 1080. The third-order valence-corrected chi connectivity index (χ3v) is 14.3. The molecule has 9 heteroatoms. The lowest BCUT2D eigenvalue weighted by atomic mass is 10.0. The molecular formula is C58H116NO7P. The lowest BCUT2D eigenvalue weighted by molar-refractivity contribution is -0.870. The zero-order chi connectivity index (χ0) is 49.0. The molecule has 2 atom stereocenters. The Labute approximate surface area is 418 Å². The lowest BCUT2D eigenvalue weighted by Crippen LogP contribution is -2.37. The van der Waals surface area contributed by atoms with Gasteiger partial charge in [0.2, 0.25) is 0 Å². The van der Waals surface area contributed by atoms with Crippen LogP contribution in [0.5, 0.6) is 0 Å². The Kier molecular flexibility index (Phi) is 51.0. The Balaban J connectivity index is 4.02. The van der Waals surface area contributed by atoms with E-state index in [1.165, 1.54) is 244 Å². The summed E-state index contributed by atoms with van der Waals surface area (Å²) in [6.07, 6.45) is 61.1. The number of hydrogen-bond donors (Lipinski definition) is 0. The molecule has 0 aliphatic rings. The van der Waals surface area contributed by atoms with E-state index in [4.69, 9.17) is 18.5 Å². The van der Waals surface area contributed by atoms with E-state index < -0.39 is 13.9 Å². The molecule has 0 heterocycles. The molecule has 0 aliphatic carbocycles. The largest absolute Gasteiger partial charge is 0.756 e. The number of phosphoric ester groups is 1. The van der Waals surface area contributed by atoms with Crippen molar-refractivity contribution in [2.75, 3.05) is 54.1 Å². The topological polar surface area (TPSA) is 94.1 Å². The van der Waals surface area contributed by atoms with Crippen molar-refractivity contribution >= 4 is 13.8 Å². The van der Waals surface area contributed by atoms with Gasteiger partial charge in [0.25, 0.3) is 7.82 Å².